The second-order valence-electron chi connectivity index (χ2n) is 6.13. The van der Waals surface area contributed by atoms with E-state index < -0.39 is 0 Å². The smallest absolute Gasteiger partial charge is 0.280 e. The standard InChI is InChI=1S/C19H16ClN5O/c1-11-8-9-16(12(2)10-11)25-13(3)17(22-24-25)19-21-18(23-26-19)14-6-4-5-7-15(14)20/h4-10H,1-3H3. The van der Waals surface area contributed by atoms with E-state index in [0.29, 0.717) is 28.0 Å². The average Bonchev–Trinajstić information content (AvgIpc) is 3.22. The van der Waals surface area contributed by atoms with Crippen molar-refractivity contribution in [1.29, 1.82) is 0 Å². The van der Waals surface area contributed by atoms with Crippen LogP contribution in [0.3, 0.4) is 0 Å². The number of hydrogen-bond donors (Lipinski definition) is 0. The summed E-state index contributed by atoms with van der Waals surface area (Å²) in [6.07, 6.45) is 0. The Hall–Kier alpha value is -2.99. The van der Waals surface area contributed by atoms with Crippen LogP contribution in [-0.2, 0) is 0 Å². The third kappa shape index (κ3) is 2.78. The minimum atomic E-state index is 0.313. The third-order valence-electron chi connectivity index (χ3n) is 4.22. The van der Waals surface area contributed by atoms with Crippen molar-refractivity contribution in [2.45, 2.75) is 20.8 Å². The lowest BCUT2D eigenvalue weighted by Crippen LogP contribution is -2.01. The molecule has 0 unspecified atom stereocenters. The lowest BCUT2D eigenvalue weighted by molar-refractivity contribution is 0.430. The van der Waals surface area contributed by atoms with Crippen LogP contribution in [-0.4, -0.2) is 25.1 Å². The monoisotopic (exact) mass is 365 g/mol. The highest BCUT2D eigenvalue weighted by atomic mass is 35.5. The van der Waals surface area contributed by atoms with E-state index in [-0.39, 0.29) is 0 Å². The normalized spacial score (nSPS) is 11.1. The van der Waals surface area contributed by atoms with Crippen molar-refractivity contribution < 1.29 is 4.52 Å². The van der Waals surface area contributed by atoms with Crippen molar-refractivity contribution in [2.24, 2.45) is 0 Å². The molecule has 130 valence electrons. The Bertz CT molecular complexity index is 1100. The predicted octanol–water partition coefficient (Wildman–Crippen LogP) is 4.56. The molecule has 2 aromatic carbocycles. The second kappa shape index (κ2) is 6.38. The predicted molar refractivity (Wildman–Crippen MR) is 99.3 cm³/mol. The van der Waals surface area contributed by atoms with Crippen molar-refractivity contribution in [2.75, 3.05) is 0 Å². The number of hydrogen-bond acceptors (Lipinski definition) is 5. The molecule has 26 heavy (non-hydrogen) atoms. The van der Waals surface area contributed by atoms with Gasteiger partial charge in [0.15, 0.2) is 5.69 Å². The van der Waals surface area contributed by atoms with E-state index in [0.717, 1.165) is 16.9 Å². The van der Waals surface area contributed by atoms with Crippen LogP contribution in [0.5, 0.6) is 0 Å². The molecule has 0 amide bonds. The summed E-state index contributed by atoms with van der Waals surface area (Å²) in [5.41, 5.74) is 5.38. The number of nitrogens with zero attached hydrogens (tertiary/aromatic N) is 5. The summed E-state index contributed by atoms with van der Waals surface area (Å²) >= 11 is 6.21. The first-order valence-electron chi connectivity index (χ1n) is 8.13. The molecular formula is C19H16ClN5O. The zero-order chi connectivity index (χ0) is 18.3. The molecule has 0 aliphatic carbocycles. The minimum Gasteiger partial charge on any atom is -0.332 e. The van der Waals surface area contributed by atoms with Crippen molar-refractivity contribution in [3.8, 4) is 28.7 Å². The molecule has 0 aliphatic heterocycles. The van der Waals surface area contributed by atoms with E-state index in [1.165, 1.54) is 5.56 Å². The van der Waals surface area contributed by atoms with Crippen LogP contribution in [0.4, 0.5) is 0 Å². The summed E-state index contributed by atoms with van der Waals surface area (Å²) in [6.45, 7) is 6.03. The molecule has 0 saturated heterocycles. The third-order valence-corrected chi connectivity index (χ3v) is 4.55. The fourth-order valence-corrected chi connectivity index (χ4v) is 3.09. The summed E-state index contributed by atoms with van der Waals surface area (Å²) in [5.74, 6) is 0.736. The van der Waals surface area contributed by atoms with Gasteiger partial charge >= 0.3 is 0 Å². The van der Waals surface area contributed by atoms with E-state index in [1.54, 1.807) is 10.7 Å². The van der Waals surface area contributed by atoms with E-state index >= 15 is 0 Å². The number of benzene rings is 2. The number of aryl methyl sites for hydroxylation is 2. The molecule has 0 radical (unpaired) electrons. The molecule has 4 rings (SSSR count). The molecule has 6 nitrogen and oxygen atoms in total. The highest BCUT2D eigenvalue weighted by Crippen LogP contribution is 2.28. The molecule has 0 atom stereocenters. The van der Waals surface area contributed by atoms with Gasteiger partial charge in [-0.1, -0.05) is 51.8 Å². The van der Waals surface area contributed by atoms with Crippen LogP contribution in [0.25, 0.3) is 28.7 Å². The summed E-state index contributed by atoms with van der Waals surface area (Å²) in [4.78, 5) is 4.44. The fourth-order valence-electron chi connectivity index (χ4n) is 2.87. The molecule has 4 aromatic rings. The zero-order valence-corrected chi connectivity index (χ0v) is 15.3. The summed E-state index contributed by atoms with van der Waals surface area (Å²) in [7, 11) is 0. The van der Waals surface area contributed by atoms with Gasteiger partial charge in [-0.15, -0.1) is 5.10 Å². The van der Waals surface area contributed by atoms with Crippen LogP contribution < -0.4 is 0 Å². The van der Waals surface area contributed by atoms with Crippen molar-refractivity contribution in [1.82, 2.24) is 25.1 Å². The van der Waals surface area contributed by atoms with Gasteiger partial charge in [-0.2, -0.15) is 4.98 Å². The van der Waals surface area contributed by atoms with Crippen molar-refractivity contribution in [3.05, 3.63) is 64.3 Å². The van der Waals surface area contributed by atoms with Gasteiger partial charge in [0.05, 0.1) is 16.4 Å². The molecule has 0 fully saturated rings. The van der Waals surface area contributed by atoms with Gasteiger partial charge in [-0.3, -0.25) is 0 Å². The fraction of sp³-hybridized carbons (Fsp3) is 0.158. The second-order valence-corrected chi connectivity index (χ2v) is 6.54. The molecule has 0 aliphatic rings. The Kier molecular flexibility index (Phi) is 4.05. The van der Waals surface area contributed by atoms with Gasteiger partial charge < -0.3 is 4.52 Å². The molecule has 0 spiro atoms. The minimum absolute atomic E-state index is 0.313. The van der Waals surface area contributed by atoms with Crippen LogP contribution in [0.2, 0.25) is 5.02 Å². The van der Waals surface area contributed by atoms with Gasteiger partial charge in [-0.25, -0.2) is 4.68 Å². The molecule has 7 heteroatoms. The zero-order valence-electron chi connectivity index (χ0n) is 14.6. The van der Waals surface area contributed by atoms with E-state index in [4.69, 9.17) is 16.1 Å². The molecule has 0 N–H and O–H groups in total. The number of rotatable bonds is 3. The van der Waals surface area contributed by atoms with E-state index in [1.807, 2.05) is 44.2 Å². The van der Waals surface area contributed by atoms with Crippen molar-refractivity contribution in [3.63, 3.8) is 0 Å². The highest BCUT2D eigenvalue weighted by molar-refractivity contribution is 6.33. The Balaban J connectivity index is 1.75. The molecule has 2 heterocycles. The van der Waals surface area contributed by atoms with Crippen LogP contribution in [0.1, 0.15) is 16.8 Å². The Morgan fingerprint density at radius 1 is 1.04 bits per heavy atom. The van der Waals surface area contributed by atoms with E-state index in [2.05, 4.69) is 33.4 Å². The maximum absolute atomic E-state index is 6.21. The Morgan fingerprint density at radius 3 is 2.62 bits per heavy atom. The molecular weight excluding hydrogens is 350 g/mol. The first kappa shape index (κ1) is 16.5. The summed E-state index contributed by atoms with van der Waals surface area (Å²) < 4.78 is 7.19. The summed E-state index contributed by atoms with van der Waals surface area (Å²) in [6, 6.07) is 13.5. The Labute approximate surface area is 155 Å². The van der Waals surface area contributed by atoms with Crippen LogP contribution in [0.15, 0.2) is 47.0 Å². The molecule has 0 bridgehead atoms. The lowest BCUT2D eigenvalue weighted by atomic mass is 10.1. The van der Waals surface area contributed by atoms with E-state index in [9.17, 15) is 0 Å². The SMILES string of the molecule is Cc1ccc(-n2nnc(-c3nc(-c4ccccc4Cl)no3)c2C)c(C)c1. The first-order valence-corrected chi connectivity index (χ1v) is 8.51. The lowest BCUT2D eigenvalue weighted by Gasteiger charge is -2.07. The average molecular weight is 366 g/mol. The van der Waals surface area contributed by atoms with Crippen molar-refractivity contribution >= 4 is 11.6 Å². The summed E-state index contributed by atoms with van der Waals surface area (Å²) in [5, 5.41) is 13.1. The van der Waals surface area contributed by atoms with Gasteiger partial charge in [0.1, 0.15) is 0 Å². The molecule has 2 aromatic heterocycles. The maximum atomic E-state index is 6.21. The van der Waals surface area contributed by atoms with Gasteiger partial charge in [0, 0.05) is 5.56 Å². The van der Waals surface area contributed by atoms with Gasteiger partial charge in [0.2, 0.25) is 5.82 Å². The maximum Gasteiger partial charge on any atom is 0.280 e. The quantitative estimate of drug-likeness (QED) is 0.532. The first-order chi connectivity index (χ1) is 12.5. The van der Waals surface area contributed by atoms with Crippen LogP contribution >= 0.6 is 11.6 Å². The van der Waals surface area contributed by atoms with Gasteiger partial charge in [0.25, 0.3) is 5.89 Å². The number of halogens is 1. The Morgan fingerprint density at radius 2 is 1.85 bits per heavy atom. The number of aromatic nitrogens is 5. The highest BCUT2D eigenvalue weighted by Gasteiger charge is 2.20. The molecule has 0 saturated carbocycles. The largest absolute Gasteiger partial charge is 0.332 e. The topological polar surface area (TPSA) is 69.6 Å². The van der Waals surface area contributed by atoms with Gasteiger partial charge in [-0.05, 0) is 44.5 Å². The van der Waals surface area contributed by atoms with Crippen LogP contribution in [0, 0.1) is 20.8 Å².